The monoisotopic (exact) mass is 746 g/mol. The summed E-state index contributed by atoms with van der Waals surface area (Å²) in [6.45, 7) is 11.5. The number of aliphatic hydroxyl groups is 1. The van der Waals surface area contributed by atoms with Gasteiger partial charge in [-0.05, 0) is 37.2 Å². The predicted octanol–water partition coefficient (Wildman–Crippen LogP) is 2.09. The summed E-state index contributed by atoms with van der Waals surface area (Å²) < 4.78 is 11.8. The van der Waals surface area contributed by atoms with Gasteiger partial charge in [0.1, 0.15) is 6.04 Å². The average Bonchev–Trinajstić information content (AvgIpc) is 3.63. The molecule has 0 bridgehead atoms. The highest BCUT2D eigenvalue weighted by Crippen LogP contribution is 2.29. The van der Waals surface area contributed by atoms with Crippen molar-refractivity contribution in [1.82, 2.24) is 25.3 Å². The summed E-state index contributed by atoms with van der Waals surface area (Å²) in [4.78, 5) is 71.4. The van der Waals surface area contributed by atoms with E-state index in [9.17, 15) is 29.1 Å². The zero-order valence-electron chi connectivity index (χ0n) is 33.5. The number of benzene rings is 1. The molecule has 9 atom stereocenters. The lowest BCUT2D eigenvalue weighted by Crippen LogP contribution is -2.56. The van der Waals surface area contributed by atoms with Gasteiger partial charge in [0.25, 0.3) is 0 Å². The van der Waals surface area contributed by atoms with Gasteiger partial charge in [0.2, 0.25) is 29.5 Å². The molecule has 0 saturated carbocycles. The van der Waals surface area contributed by atoms with E-state index >= 15 is 0 Å². The Labute approximate surface area is 316 Å². The Hall–Kier alpha value is -3.59. The highest BCUT2D eigenvalue weighted by atomic mass is 16.5. The summed E-state index contributed by atoms with van der Waals surface area (Å²) in [6, 6.07) is 6.95. The van der Waals surface area contributed by atoms with E-state index in [1.54, 1.807) is 49.9 Å². The number of carbonyl (C=O) groups excluding carboxylic acids is 5. The van der Waals surface area contributed by atoms with Gasteiger partial charge in [-0.25, -0.2) is 0 Å². The highest BCUT2D eigenvalue weighted by Gasteiger charge is 2.42. The molecule has 0 aromatic heterocycles. The SMILES string of the molecule is CC[C@H](C)C(C(CC(=O)N1CCCC1C(OC)C(C)C(=O)NC(C)C(O)c1ccccc1)OC)N(C)C(=O)CNC(=O)C(C(C)C)N(C)C(=O)CCN. The molecule has 53 heavy (non-hydrogen) atoms. The average molecular weight is 747 g/mol. The van der Waals surface area contributed by atoms with Crippen LogP contribution in [0.2, 0.25) is 0 Å². The van der Waals surface area contributed by atoms with E-state index in [4.69, 9.17) is 15.2 Å². The van der Waals surface area contributed by atoms with Gasteiger partial charge in [0.15, 0.2) is 0 Å². The van der Waals surface area contributed by atoms with Crippen LogP contribution < -0.4 is 16.4 Å². The molecule has 0 spiro atoms. The summed E-state index contributed by atoms with van der Waals surface area (Å²) in [6.07, 6.45) is 0.0534. The van der Waals surface area contributed by atoms with Crippen molar-refractivity contribution in [2.75, 3.05) is 47.9 Å². The smallest absolute Gasteiger partial charge is 0.243 e. The van der Waals surface area contributed by atoms with Gasteiger partial charge in [-0.2, -0.15) is 0 Å². The number of nitrogens with zero attached hydrogens (tertiary/aromatic N) is 3. The van der Waals surface area contributed by atoms with Crippen molar-refractivity contribution in [2.45, 2.75) is 116 Å². The van der Waals surface area contributed by atoms with Crippen molar-refractivity contribution in [1.29, 1.82) is 0 Å². The first-order chi connectivity index (χ1) is 25.0. The number of amides is 5. The van der Waals surface area contributed by atoms with E-state index in [-0.39, 0.29) is 67.4 Å². The molecule has 5 N–H and O–H groups in total. The molecular weight excluding hydrogens is 680 g/mol. The minimum atomic E-state index is -0.889. The molecule has 0 aliphatic carbocycles. The minimum absolute atomic E-state index is 0.00717. The summed E-state index contributed by atoms with van der Waals surface area (Å²) in [5.41, 5.74) is 6.24. The van der Waals surface area contributed by atoms with Crippen LogP contribution in [0.15, 0.2) is 30.3 Å². The fraction of sp³-hybridized carbons (Fsp3) is 0.718. The van der Waals surface area contributed by atoms with Gasteiger partial charge >= 0.3 is 0 Å². The number of hydrogen-bond acceptors (Lipinski definition) is 9. The second-order valence-corrected chi connectivity index (χ2v) is 14.7. The maximum absolute atomic E-state index is 14.0. The van der Waals surface area contributed by atoms with Crippen LogP contribution in [0.25, 0.3) is 0 Å². The third-order valence-electron chi connectivity index (χ3n) is 10.8. The topological polar surface area (TPSA) is 184 Å². The van der Waals surface area contributed by atoms with Crippen molar-refractivity contribution < 1.29 is 38.6 Å². The van der Waals surface area contributed by atoms with Crippen molar-refractivity contribution >= 4 is 29.5 Å². The molecule has 5 amide bonds. The van der Waals surface area contributed by atoms with Gasteiger partial charge < -0.3 is 45.6 Å². The van der Waals surface area contributed by atoms with E-state index in [0.717, 1.165) is 6.42 Å². The van der Waals surface area contributed by atoms with E-state index in [1.165, 1.54) is 19.1 Å². The number of likely N-dealkylation sites (tertiary alicyclic amines) is 1. The summed E-state index contributed by atoms with van der Waals surface area (Å²) in [7, 11) is 6.26. The molecule has 2 rings (SSSR count). The molecule has 14 heteroatoms. The Morgan fingerprint density at radius 1 is 0.962 bits per heavy atom. The lowest BCUT2D eigenvalue weighted by atomic mass is 9.90. The van der Waals surface area contributed by atoms with E-state index in [1.807, 2.05) is 45.9 Å². The van der Waals surface area contributed by atoms with E-state index < -0.39 is 48.3 Å². The maximum atomic E-state index is 14.0. The number of carbonyl (C=O) groups is 5. The molecule has 1 aromatic rings. The standard InChI is InChI=1S/C39H66N6O8/c1-11-25(4)35(44(8)33(48)23-41-39(51)34(24(2)3)43(7)31(46)19-20-40)30(52-9)22-32(47)45-21-15-18-29(45)37(53-10)26(5)38(50)42-27(6)36(49)28-16-13-12-14-17-28/h12-14,16-17,24-27,29-30,34-37,49H,11,15,18-23,40H2,1-10H3,(H,41,51)(H,42,50)/t25-,26?,27?,29?,30?,34?,35?,36?,37?/m0/s1. The van der Waals surface area contributed by atoms with Gasteiger partial charge in [0.05, 0.1) is 55.3 Å². The highest BCUT2D eigenvalue weighted by molar-refractivity contribution is 5.90. The first-order valence-corrected chi connectivity index (χ1v) is 18.9. The number of rotatable bonds is 21. The lowest BCUT2D eigenvalue weighted by molar-refractivity contribution is -0.146. The van der Waals surface area contributed by atoms with Gasteiger partial charge in [0, 0.05) is 47.8 Å². The molecule has 1 aromatic carbocycles. The van der Waals surface area contributed by atoms with Gasteiger partial charge in [-0.15, -0.1) is 0 Å². The molecule has 1 fully saturated rings. The maximum Gasteiger partial charge on any atom is 0.243 e. The first-order valence-electron chi connectivity index (χ1n) is 18.9. The van der Waals surface area contributed by atoms with Crippen molar-refractivity contribution in [3.05, 3.63) is 35.9 Å². The Bertz CT molecular complexity index is 1330. The molecule has 0 radical (unpaired) electrons. The van der Waals surface area contributed by atoms with Gasteiger partial charge in [-0.1, -0.05) is 71.4 Å². The molecule has 1 heterocycles. The van der Waals surface area contributed by atoms with Crippen LogP contribution in [0.4, 0.5) is 0 Å². The molecule has 14 nitrogen and oxygen atoms in total. The van der Waals surface area contributed by atoms with Crippen LogP contribution in [-0.2, 0) is 33.4 Å². The number of methoxy groups -OCH3 is 2. The number of aliphatic hydroxyl groups excluding tert-OH is 1. The number of nitrogens with one attached hydrogen (secondary N) is 2. The Balaban J connectivity index is 2.16. The molecule has 300 valence electrons. The normalized spacial score (nSPS) is 19.0. The number of nitrogens with two attached hydrogens (primary N) is 1. The van der Waals surface area contributed by atoms with Crippen molar-refractivity contribution in [3.63, 3.8) is 0 Å². The largest absolute Gasteiger partial charge is 0.386 e. The second kappa shape index (κ2) is 21.9. The fourth-order valence-electron chi connectivity index (χ4n) is 7.47. The zero-order valence-corrected chi connectivity index (χ0v) is 33.5. The number of ether oxygens (including phenoxy) is 2. The molecule has 8 unspecified atom stereocenters. The van der Waals surface area contributed by atoms with Crippen LogP contribution in [0.1, 0.15) is 85.3 Å². The third kappa shape index (κ3) is 12.2. The van der Waals surface area contributed by atoms with Crippen molar-refractivity contribution in [3.8, 4) is 0 Å². The minimum Gasteiger partial charge on any atom is -0.386 e. The Kier molecular flexibility index (Phi) is 18.9. The van der Waals surface area contributed by atoms with Crippen LogP contribution in [0.5, 0.6) is 0 Å². The fourth-order valence-corrected chi connectivity index (χ4v) is 7.47. The molecule has 1 aliphatic heterocycles. The van der Waals surface area contributed by atoms with Crippen molar-refractivity contribution in [2.24, 2.45) is 23.5 Å². The Morgan fingerprint density at radius 3 is 2.15 bits per heavy atom. The van der Waals surface area contributed by atoms with Gasteiger partial charge in [-0.3, -0.25) is 24.0 Å². The first kappa shape index (κ1) is 45.6. The summed E-state index contributed by atoms with van der Waals surface area (Å²) in [5.74, 6) is -2.39. The number of hydrogen-bond donors (Lipinski definition) is 4. The zero-order chi connectivity index (χ0) is 40.0. The van der Waals surface area contributed by atoms with E-state index in [2.05, 4.69) is 10.6 Å². The van der Waals surface area contributed by atoms with Crippen LogP contribution in [0.3, 0.4) is 0 Å². The molecular formula is C39H66N6O8. The number of likely N-dealkylation sites (N-methyl/N-ethyl adjacent to an activating group) is 2. The predicted molar refractivity (Wildman–Crippen MR) is 203 cm³/mol. The Morgan fingerprint density at radius 2 is 1.60 bits per heavy atom. The third-order valence-corrected chi connectivity index (χ3v) is 10.8. The van der Waals surface area contributed by atoms with Crippen LogP contribution in [0, 0.1) is 17.8 Å². The quantitative estimate of drug-likeness (QED) is 0.146. The van der Waals surface area contributed by atoms with Crippen LogP contribution in [-0.4, -0.2) is 134 Å². The summed E-state index contributed by atoms with van der Waals surface area (Å²) >= 11 is 0. The second-order valence-electron chi connectivity index (χ2n) is 14.7. The van der Waals surface area contributed by atoms with Crippen LogP contribution >= 0.6 is 0 Å². The molecule has 1 aliphatic rings. The molecule has 1 saturated heterocycles. The summed E-state index contributed by atoms with van der Waals surface area (Å²) in [5, 5.41) is 16.4. The lowest BCUT2D eigenvalue weighted by Gasteiger charge is -2.39. The van der Waals surface area contributed by atoms with E-state index in [0.29, 0.717) is 24.9 Å².